The van der Waals surface area contributed by atoms with Crippen LogP contribution in [0.25, 0.3) is 11.4 Å². The number of carbonyl (C=O) groups is 1. The van der Waals surface area contributed by atoms with E-state index < -0.39 is 10.0 Å². The maximum absolute atomic E-state index is 12.7. The predicted octanol–water partition coefficient (Wildman–Crippen LogP) is 5.40. The molecule has 4 rings (SSSR count). The summed E-state index contributed by atoms with van der Waals surface area (Å²) in [6.07, 6.45) is 0. The normalized spacial score (nSPS) is 11.8. The molecule has 0 unspecified atom stereocenters. The van der Waals surface area contributed by atoms with Crippen LogP contribution in [0.5, 0.6) is 0 Å². The van der Waals surface area contributed by atoms with E-state index in [0.717, 1.165) is 11.1 Å². The van der Waals surface area contributed by atoms with Crippen molar-refractivity contribution in [3.05, 3.63) is 89.8 Å². The molecule has 0 saturated carbocycles. The fourth-order valence-corrected chi connectivity index (χ4v) is 4.36. The highest BCUT2D eigenvalue weighted by atomic mass is 32.2. The monoisotopic (exact) mass is 490 g/mol. The number of amides is 1. The minimum atomic E-state index is -3.78. The topological polar surface area (TPSA) is 114 Å². The SMILES string of the molecule is Cc1ccccc1NS(=O)(=O)c1ccc(C(=O)Nc2ccc(-c3noc(C(C)(C)C)n3)cc2)cc1. The van der Waals surface area contributed by atoms with Gasteiger partial charge in [-0.15, -0.1) is 0 Å². The van der Waals surface area contributed by atoms with Gasteiger partial charge in [0.15, 0.2) is 0 Å². The van der Waals surface area contributed by atoms with Crippen LogP contribution in [0.15, 0.2) is 82.2 Å². The van der Waals surface area contributed by atoms with Gasteiger partial charge in [-0.3, -0.25) is 9.52 Å². The van der Waals surface area contributed by atoms with Gasteiger partial charge in [-0.2, -0.15) is 4.98 Å². The Kier molecular flexibility index (Phi) is 6.45. The zero-order valence-electron chi connectivity index (χ0n) is 19.9. The third-order valence-corrected chi connectivity index (χ3v) is 6.67. The first-order valence-corrected chi connectivity index (χ1v) is 12.5. The number of rotatable bonds is 6. The molecule has 3 aromatic carbocycles. The lowest BCUT2D eigenvalue weighted by atomic mass is 9.97. The van der Waals surface area contributed by atoms with Crippen molar-refractivity contribution in [3.8, 4) is 11.4 Å². The van der Waals surface area contributed by atoms with Crippen molar-refractivity contribution in [1.29, 1.82) is 0 Å². The predicted molar refractivity (Wildman–Crippen MR) is 135 cm³/mol. The van der Waals surface area contributed by atoms with Gasteiger partial charge in [0.2, 0.25) is 11.7 Å². The molecular weight excluding hydrogens is 464 g/mol. The van der Waals surface area contributed by atoms with E-state index in [4.69, 9.17) is 4.52 Å². The molecule has 2 N–H and O–H groups in total. The molecule has 0 saturated heterocycles. The summed E-state index contributed by atoms with van der Waals surface area (Å²) >= 11 is 0. The van der Waals surface area contributed by atoms with Crippen molar-refractivity contribution in [2.24, 2.45) is 0 Å². The third-order valence-electron chi connectivity index (χ3n) is 5.28. The number of para-hydroxylation sites is 1. The summed E-state index contributed by atoms with van der Waals surface area (Å²) in [4.78, 5) is 17.2. The van der Waals surface area contributed by atoms with Crippen LogP contribution in [0.2, 0.25) is 0 Å². The van der Waals surface area contributed by atoms with E-state index in [-0.39, 0.29) is 16.2 Å². The molecule has 0 bridgehead atoms. The molecule has 0 radical (unpaired) electrons. The summed E-state index contributed by atoms with van der Waals surface area (Å²) in [6, 6.07) is 19.9. The van der Waals surface area contributed by atoms with Crippen LogP contribution in [-0.4, -0.2) is 24.5 Å². The lowest BCUT2D eigenvalue weighted by molar-refractivity contribution is 0.102. The van der Waals surface area contributed by atoms with Crippen molar-refractivity contribution in [1.82, 2.24) is 10.1 Å². The number of benzene rings is 3. The average molecular weight is 491 g/mol. The number of hydrogen-bond acceptors (Lipinski definition) is 6. The molecular formula is C26H26N4O4S. The van der Waals surface area contributed by atoms with Crippen LogP contribution in [0, 0.1) is 6.92 Å². The van der Waals surface area contributed by atoms with Crippen molar-refractivity contribution in [2.75, 3.05) is 10.0 Å². The van der Waals surface area contributed by atoms with Crippen LogP contribution in [0.4, 0.5) is 11.4 Å². The fraction of sp³-hybridized carbons (Fsp3) is 0.192. The van der Waals surface area contributed by atoms with E-state index in [0.29, 0.717) is 28.7 Å². The maximum atomic E-state index is 12.7. The summed E-state index contributed by atoms with van der Waals surface area (Å²) in [5.41, 5.74) is 2.75. The maximum Gasteiger partial charge on any atom is 0.261 e. The molecule has 0 fully saturated rings. The molecule has 9 heteroatoms. The largest absolute Gasteiger partial charge is 0.338 e. The van der Waals surface area contributed by atoms with Gasteiger partial charge in [-0.1, -0.05) is 44.1 Å². The Bertz CT molecular complexity index is 1450. The Labute approximate surface area is 204 Å². The Morgan fingerprint density at radius 3 is 2.17 bits per heavy atom. The van der Waals surface area contributed by atoms with Gasteiger partial charge in [-0.25, -0.2) is 8.42 Å². The van der Waals surface area contributed by atoms with Crippen molar-refractivity contribution in [2.45, 2.75) is 38.0 Å². The van der Waals surface area contributed by atoms with Gasteiger partial charge in [0.1, 0.15) is 0 Å². The Hall–Kier alpha value is -3.98. The second-order valence-corrected chi connectivity index (χ2v) is 10.8. The summed E-state index contributed by atoms with van der Waals surface area (Å²) in [7, 11) is -3.78. The summed E-state index contributed by atoms with van der Waals surface area (Å²) in [6.45, 7) is 7.80. The quantitative estimate of drug-likeness (QED) is 0.374. The molecule has 1 amide bonds. The van der Waals surface area contributed by atoms with Gasteiger partial charge in [0.05, 0.1) is 10.6 Å². The van der Waals surface area contributed by atoms with E-state index in [9.17, 15) is 13.2 Å². The fourth-order valence-electron chi connectivity index (χ4n) is 3.23. The number of nitrogens with one attached hydrogen (secondary N) is 2. The van der Waals surface area contributed by atoms with Gasteiger partial charge in [0, 0.05) is 22.2 Å². The van der Waals surface area contributed by atoms with Gasteiger partial charge in [-0.05, 0) is 67.1 Å². The zero-order valence-corrected chi connectivity index (χ0v) is 20.7. The Balaban J connectivity index is 1.43. The second kappa shape index (κ2) is 9.34. The minimum absolute atomic E-state index is 0.0661. The molecule has 0 atom stereocenters. The van der Waals surface area contributed by atoms with Gasteiger partial charge >= 0.3 is 0 Å². The summed E-state index contributed by atoms with van der Waals surface area (Å²) in [5, 5.41) is 6.83. The van der Waals surface area contributed by atoms with Crippen molar-refractivity contribution >= 4 is 27.3 Å². The highest BCUT2D eigenvalue weighted by molar-refractivity contribution is 7.92. The van der Waals surface area contributed by atoms with Crippen molar-refractivity contribution in [3.63, 3.8) is 0 Å². The zero-order chi connectivity index (χ0) is 25.2. The number of aryl methyl sites for hydroxylation is 1. The smallest absolute Gasteiger partial charge is 0.261 e. The molecule has 0 aliphatic rings. The minimum Gasteiger partial charge on any atom is -0.338 e. The number of hydrogen-bond donors (Lipinski definition) is 2. The van der Waals surface area contributed by atoms with Gasteiger partial charge in [0.25, 0.3) is 15.9 Å². The number of anilines is 2. The highest BCUT2D eigenvalue weighted by Gasteiger charge is 2.22. The summed E-state index contributed by atoms with van der Waals surface area (Å²) in [5.74, 6) is 0.663. The van der Waals surface area contributed by atoms with Crippen LogP contribution < -0.4 is 10.0 Å². The van der Waals surface area contributed by atoms with Crippen LogP contribution in [0.3, 0.4) is 0 Å². The number of aromatic nitrogens is 2. The van der Waals surface area contributed by atoms with E-state index in [1.54, 1.807) is 36.4 Å². The van der Waals surface area contributed by atoms with E-state index >= 15 is 0 Å². The standard InChI is InChI=1S/C26H26N4O4S/c1-17-7-5-6-8-22(17)30-35(32,33)21-15-11-19(12-16-21)24(31)27-20-13-9-18(10-14-20)23-28-25(34-29-23)26(2,3)4/h5-16,30H,1-4H3,(H,27,31). The number of carbonyl (C=O) groups excluding carboxylic acids is 1. The Morgan fingerprint density at radius 1 is 0.914 bits per heavy atom. The van der Waals surface area contributed by atoms with Crippen LogP contribution in [0.1, 0.15) is 42.6 Å². The van der Waals surface area contributed by atoms with Crippen LogP contribution in [-0.2, 0) is 15.4 Å². The first-order valence-electron chi connectivity index (χ1n) is 11.0. The van der Waals surface area contributed by atoms with E-state index in [2.05, 4.69) is 20.2 Å². The molecule has 8 nitrogen and oxygen atoms in total. The van der Waals surface area contributed by atoms with E-state index in [1.807, 2.05) is 39.8 Å². The molecule has 4 aromatic rings. The molecule has 1 heterocycles. The number of sulfonamides is 1. The lowest BCUT2D eigenvalue weighted by Gasteiger charge is -2.11. The molecule has 0 aliphatic heterocycles. The first kappa shape index (κ1) is 24.2. The molecule has 0 aliphatic carbocycles. The Morgan fingerprint density at radius 2 is 1.57 bits per heavy atom. The third kappa shape index (κ3) is 5.58. The van der Waals surface area contributed by atoms with Gasteiger partial charge < -0.3 is 9.84 Å². The lowest BCUT2D eigenvalue weighted by Crippen LogP contribution is -2.15. The second-order valence-electron chi connectivity index (χ2n) is 9.15. The molecule has 0 spiro atoms. The highest BCUT2D eigenvalue weighted by Crippen LogP contribution is 2.25. The molecule has 35 heavy (non-hydrogen) atoms. The first-order chi connectivity index (χ1) is 16.5. The van der Waals surface area contributed by atoms with Crippen molar-refractivity contribution < 1.29 is 17.7 Å². The van der Waals surface area contributed by atoms with E-state index in [1.165, 1.54) is 24.3 Å². The number of nitrogens with zero attached hydrogens (tertiary/aromatic N) is 2. The van der Waals surface area contributed by atoms with Crippen LogP contribution >= 0.6 is 0 Å². The average Bonchev–Trinajstić information content (AvgIpc) is 3.32. The summed E-state index contributed by atoms with van der Waals surface area (Å²) < 4.78 is 33.3. The molecule has 1 aromatic heterocycles. The molecule has 180 valence electrons.